The molecule has 0 fully saturated rings. The number of hydrogen-bond donors (Lipinski definition) is 1. The second kappa shape index (κ2) is 5.99. The van der Waals surface area contributed by atoms with Gasteiger partial charge in [0.1, 0.15) is 5.37 Å². The smallest absolute Gasteiger partial charge is 0.408 e. The third-order valence-electron chi connectivity index (χ3n) is 1.28. The van der Waals surface area contributed by atoms with Gasteiger partial charge >= 0.3 is 6.09 Å². The van der Waals surface area contributed by atoms with Crippen LogP contribution in [0, 0.1) is 0 Å². The summed E-state index contributed by atoms with van der Waals surface area (Å²) in [6.45, 7) is 5.55. The van der Waals surface area contributed by atoms with Gasteiger partial charge in [0.05, 0.1) is 6.61 Å². The molecule has 4 nitrogen and oxygen atoms in total. The minimum absolute atomic E-state index is 0.331. The molecule has 0 aliphatic carbocycles. The molecule has 72 valence electrons. The highest BCUT2D eigenvalue weighted by Gasteiger charge is 2.11. The van der Waals surface area contributed by atoms with Gasteiger partial charge in [-0.2, -0.15) is 0 Å². The highest BCUT2D eigenvalue weighted by atomic mass is 32.2. The molecule has 2 unspecified atom stereocenters. The van der Waals surface area contributed by atoms with E-state index in [-0.39, 0.29) is 5.37 Å². The summed E-state index contributed by atoms with van der Waals surface area (Å²) in [6.07, 6.45) is -0.508. The summed E-state index contributed by atoms with van der Waals surface area (Å²) in [5.41, 5.74) is 0. The number of amides is 1. The Labute approximate surface area is 75.1 Å². The van der Waals surface area contributed by atoms with Gasteiger partial charge in [-0.3, -0.25) is 4.21 Å². The van der Waals surface area contributed by atoms with Crippen molar-refractivity contribution in [1.82, 2.24) is 5.32 Å². The molecule has 1 N–H and O–H groups in total. The van der Waals surface area contributed by atoms with Crippen LogP contribution in [-0.2, 0) is 15.5 Å². The van der Waals surface area contributed by atoms with Gasteiger partial charge in [0.15, 0.2) is 0 Å². The lowest BCUT2D eigenvalue weighted by Gasteiger charge is -2.11. The van der Waals surface area contributed by atoms with Crippen molar-refractivity contribution in [3.05, 3.63) is 0 Å². The summed E-state index contributed by atoms with van der Waals surface area (Å²) in [5.74, 6) is 0.535. The lowest BCUT2D eigenvalue weighted by molar-refractivity contribution is 0.151. The standard InChI is InChI=1S/C7H15NO3S/c1-4-11-7(9)8-6(3)12(10)5-2/h6H,4-5H2,1-3H3,(H,8,9). The molecule has 0 aromatic heterocycles. The monoisotopic (exact) mass is 193 g/mol. The Hall–Kier alpha value is -0.580. The summed E-state index contributed by atoms with van der Waals surface area (Å²) in [7, 11) is -1.01. The maximum atomic E-state index is 11.1. The largest absolute Gasteiger partial charge is 0.450 e. The highest BCUT2D eigenvalue weighted by Crippen LogP contribution is 1.92. The van der Waals surface area contributed by atoms with Crippen LogP contribution in [0.15, 0.2) is 0 Å². The molecule has 0 radical (unpaired) electrons. The third-order valence-corrected chi connectivity index (χ3v) is 2.75. The molecule has 12 heavy (non-hydrogen) atoms. The fourth-order valence-corrected chi connectivity index (χ4v) is 1.38. The first-order chi connectivity index (χ1) is 5.61. The van der Waals surface area contributed by atoms with Crippen LogP contribution in [0.5, 0.6) is 0 Å². The molecule has 0 saturated carbocycles. The third kappa shape index (κ3) is 4.33. The van der Waals surface area contributed by atoms with Gasteiger partial charge in [-0.25, -0.2) is 4.79 Å². The molecular weight excluding hydrogens is 178 g/mol. The maximum Gasteiger partial charge on any atom is 0.408 e. The Morgan fingerprint density at radius 2 is 2.17 bits per heavy atom. The van der Waals surface area contributed by atoms with Gasteiger partial charge in [-0.15, -0.1) is 0 Å². The van der Waals surface area contributed by atoms with Crippen molar-refractivity contribution in [2.45, 2.75) is 26.1 Å². The van der Waals surface area contributed by atoms with Crippen LogP contribution in [-0.4, -0.2) is 28.0 Å². The molecular formula is C7H15NO3S. The van der Waals surface area contributed by atoms with Crippen molar-refractivity contribution >= 4 is 16.9 Å². The normalized spacial score (nSPS) is 14.9. The second-order valence-corrected chi connectivity index (χ2v) is 4.22. The van der Waals surface area contributed by atoms with Crippen LogP contribution in [0.25, 0.3) is 0 Å². The minimum Gasteiger partial charge on any atom is -0.450 e. The van der Waals surface area contributed by atoms with Gasteiger partial charge in [-0.05, 0) is 13.8 Å². The fraction of sp³-hybridized carbons (Fsp3) is 0.857. The number of ether oxygens (including phenoxy) is 1. The van der Waals surface area contributed by atoms with Gasteiger partial charge in [0.25, 0.3) is 0 Å². The van der Waals surface area contributed by atoms with Crippen molar-refractivity contribution in [3.63, 3.8) is 0 Å². The lowest BCUT2D eigenvalue weighted by atomic mass is 10.7. The number of carbonyl (C=O) groups excluding carboxylic acids is 1. The fourth-order valence-electron chi connectivity index (χ4n) is 0.654. The van der Waals surface area contributed by atoms with E-state index < -0.39 is 16.9 Å². The molecule has 0 saturated heterocycles. The van der Waals surface area contributed by atoms with Crippen molar-refractivity contribution in [3.8, 4) is 0 Å². The van der Waals surface area contributed by atoms with Crippen molar-refractivity contribution < 1.29 is 13.7 Å². The Kier molecular flexibility index (Phi) is 5.70. The number of carbonyl (C=O) groups is 1. The van der Waals surface area contributed by atoms with Crippen molar-refractivity contribution in [1.29, 1.82) is 0 Å². The van der Waals surface area contributed by atoms with Crippen LogP contribution < -0.4 is 5.32 Å². The topological polar surface area (TPSA) is 55.4 Å². The Morgan fingerprint density at radius 3 is 2.58 bits per heavy atom. The Balaban J connectivity index is 3.75. The summed E-state index contributed by atoms with van der Waals surface area (Å²) >= 11 is 0. The highest BCUT2D eigenvalue weighted by molar-refractivity contribution is 7.85. The second-order valence-electron chi connectivity index (χ2n) is 2.18. The van der Waals surface area contributed by atoms with Crippen LogP contribution >= 0.6 is 0 Å². The SMILES string of the molecule is CCOC(=O)NC(C)S(=O)CC. The minimum atomic E-state index is -1.01. The zero-order valence-electron chi connectivity index (χ0n) is 7.62. The summed E-state index contributed by atoms with van der Waals surface area (Å²) in [5, 5.41) is 2.13. The lowest BCUT2D eigenvalue weighted by Crippen LogP contribution is -2.36. The van der Waals surface area contributed by atoms with Crippen LogP contribution in [0.4, 0.5) is 4.79 Å². The van der Waals surface area contributed by atoms with E-state index in [2.05, 4.69) is 10.1 Å². The number of hydrogen-bond acceptors (Lipinski definition) is 3. The van der Waals surface area contributed by atoms with E-state index in [1.165, 1.54) is 0 Å². The molecule has 1 amide bonds. The average molecular weight is 193 g/mol. The molecule has 0 rings (SSSR count). The summed E-state index contributed by atoms with van der Waals surface area (Å²) in [6, 6.07) is 0. The van der Waals surface area contributed by atoms with E-state index in [9.17, 15) is 9.00 Å². The van der Waals surface area contributed by atoms with Gasteiger partial charge in [0.2, 0.25) is 0 Å². The molecule has 0 heterocycles. The summed E-state index contributed by atoms with van der Waals surface area (Å²) in [4.78, 5) is 10.8. The van der Waals surface area contributed by atoms with E-state index in [0.29, 0.717) is 12.4 Å². The van der Waals surface area contributed by atoms with Gasteiger partial charge < -0.3 is 10.1 Å². The summed E-state index contributed by atoms with van der Waals surface area (Å²) < 4.78 is 15.7. The molecule has 0 spiro atoms. The first-order valence-electron chi connectivity index (χ1n) is 3.92. The van der Waals surface area contributed by atoms with Crippen molar-refractivity contribution in [2.24, 2.45) is 0 Å². The predicted octanol–water partition coefficient (Wildman–Crippen LogP) is 0.847. The average Bonchev–Trinajstić information content (AvgIpc) is 2.03. The van der Waals surface area contributed by atoms with E-state index in [4.69, 9.17) is 0 Å². The quantitative estimate of drug-likeness (QED) is 0.720. The molecule has 0 aliphatic heterocycles. The van der Waals surface area contributed by atoms with Crippen molar-refractivity contribution in [2.75, 3.05) is 12.4 Å². The molecule has 2 atom stereocenters. The molecule has 5 heteroatoms. The zero-order valence-corrected chi connectivity index (χ0v) is 8.44. The van der Waals surface area contributed by atoms with E-state index in [1.54, 1.807) is 20.8 Å². The zero-order chi connectivity index (χ0) is 9.56. The van der Waals surface area contributed by atoms with Crippen LogP contribution in [0.1, 0.15) is 20.8 Å². The van der Waals surface area contributed by atoms with E-state index in [1.807, 2.05) is 0 Å². The van der Waals surface area contributed by atoms with Gasteiger partial charge in [0, 0.05) is 16.6 Å². The van der Waals surface area contributed by atoms with Crippen LogP contribution in [0.3, 0.4) is 0 Å². The Bertz CT molecular complexity index is 172. The van der Waals surface area contributed by atoms with E-state index in [0.717, 1.165) is 0 Å². The molecule has 0 aliphatic rings. The number of alkyl carbamates (subject to hydrolysis) is 1. The number of nitrogens with one attached hydrogen (secondary N) is 1. The molecule has 0 aromatic carbocycles. The first kappa shape index (κ1) is 11.4. The van der Waals surface area contributed by atoms with E-state index >= 15 is 0 Å². The van der Waals surface area contributed by atoms with Gasteiger partial charge in [-0.1, -0.05) is 6.92 Å². The predicted molar refractivity (Wildman–Crippen MR) is 48.3 cm³/mol. The Morgan fingerprint density at radius 1 is 1.58 bits per heavy atom. The first-order valence-corrected chi connectivity index (χ1v) is 5.30. The molecule has 0 aromatic rings. The molecule has 0 bridgehead atoms. The maximum absolute atomic E-state index is 11.1. The number of rotatable bonds is 4. The van der Waals surface area contributed by atoms with Crippen LogP contribution in [0.2, 0.25) is 0 Å².